The molecule has 0 aliphatic carbocycles. The van der Waals surface area contributed by atoms with E-state index in [0.29, 0.717) is 17.8 Å². The monoisotopic (exact) mass is 472 g/mol. The standard InChI is InChI=1S/C19H20N8O5S/c20-15(28)12-14(16(21)29)27(24-23-12)8-6-10-18(31)25-4-3-9(13(25)19(32)26(10)7-8)22-17(30)11-2-1-5-33-11/h1-2,5,8-10,13H,3-4,6-7H2,(H2,20,28)(H2,21,29)(H,22,30)/t8-,9-,10-,13-/m0/s1. The van der Waals surface area contributed by atoms with Crippen molar-refractivity contribution in [3.63, 3.8) is 0 Å². The van der Waals surface area contributed by atoms with Crippen LogP contribution in [0.15, 0.2) is 17.5 Å². The summed E-state index contributed by atoms with van der Waals surface area (Å²) in [7, 11) is 0. The summed E-state index contributed by atoms with van der Waals surface area (Å²) >= 11 is 1.29. The van der Waals surface area contributed by atoms with E-state index < -0.39 is 36.0 Å². The van der Waals surface area contributed by atoms with Crippen LogP contribution in [0.3, 0.4) is 0 Å². The quantitative estimate of drug-likeness (QED) is 0.453. The van der Waals surface area contributed by atoms with Crippen LogP contribution in [0.2, 0.25) is 0 Å². The van der Waals surface area contributed by atoms with Crippen molar-refractivity contribution >= 4 is 40.9 Å². The molecule has 172 valence electrons. The topological polar surface area (TPSA) is 187 Å². The van der Waals surface area contributed by atoms with E-state index in [1.807, 2.05) is 0 Å². The van der Waals surface area contributed by atoms with Gasteiger partial charge in [-0.3, -0.25) is 24.0 Å². The maximum atomic E-state index is 13.4. The van der Waals surface area contributed by atoms with E-state index in [-0.39, 0.29) is 42.1 Å². The average molecular weight is 472 g/mol. The molecule has 5 rings (SSSR count). The molecule has 5 amide bonds. The highest BCUT2D eigenvalue weighted by molar-refractivity contribution is 7.12. The van der Waals surface area contributed by atoms with Crippen LogP contribution in [-0.2, 0) is 9.59 Å². The summed E-state index contributed by atoms with van der Waals surface area (Å²) in [6.07, 6.45) is 0.655. The van der Waals surface area contributed by atoms with E-state index in [4.69, 9.17) is 11.5 Å². The third-order valence-corrected chi connectivity index (χ3v) is 7.22. The van der Waals surface area contributed by atoms with Crippen LogP contribution in [0, 0.1) is 0 Å². The molecule has 33 heavy (non-hydrogen) atoms. The van der Waals surface area contributed by atoms with Crippen molar-refractivity contribution in [2.75, 3.05) is 13.1 Å². The van der Waals surface area contributed by atoms with E-state index in [2.05, 4.69) is 15.6 Å². The number of carbonyl (C=O) groups is 5. The van der Waals surface area contributed by atoms with Gasteiger partial charge in [-0.1, -0.05) is 11.3 Å². The number of rotatable bonds is 5. The van der Waals surface area contributed by atoms with Gasteiger partial charge in [-0.15, -0.1) is 16.4 Å². The Labute approximate surface area is 190 Å². The highest BCUT2D eigenvalue weighted by atomic mass is 32.1. The lowest BCUT2D eigenvalue weighted by Gasteiger charge is -2.40. The first-order chi connectivity index (χ1) is 15.8. The van der Waals surface area contributed by atoms with Crippen molar-refractivity contribution in [2.45, 2.75) is 37.0 Å². The number of nitrogens with one attached hydrogen (secondary N) is 1. The maximum absolute atomic E-state index is 13.4. The highest BCUT2D eigenvalue weighted by Gasteiger charge is 2.55. The number of primary amides is 2. The summed E-state index contributed by atoms with van der Waals surface area (Å²) in [6.45, 7) is 0.425. The zero-order chi connectivity index (χ0) is 23.4. The van der Waals surface area contributed by atoms with E-state index >= 15 is 0 Å². The zero-order valence-corrected chi connectivity index (χ0v) is 18.0. The normalized spacial score (nSPS) is 26.3. The Bertz CT molecular complexity index is 1180. The van der Waals surface area contributed by atoms with Crippen LogP contribution >= 0.6 is 11.3 Å². The van der Waals surface area contributed by atoms with Crippen molar-refractivity contribution in [3.05, 3.63) is 33.8 Å². The molecule has 14 heteroatoms. The predicted molar refractivity (Wildman–Crippen MR) is 112 cm³/mol. The van der Waals surface area contributed by atoms with Crippen LogP contribution < -0.4 is 16.8 Å². The minimum atomic E-state index is -0.956. The predicted octanol–water partition coefficient (Wildman–Crippen LogP) is -1.91. The second-order valence-corrected chi connectivity index (χ2v) is 9.13. The van der Waals surface area contributed by atoms with E-state index in [1.54, 1.807) is 17.5 Å². The number of hydrogen-bond donors (Lipinski definition) is 3. The SMILES string of the molecule is NC(=O)c1nnn([C@H]2C[C@H]3C(=O)N4CC[C@H](NC(=O)c5cccs5)[C@H]4C(=O)N3C2)c1C(N)=O. The molecule has 0 unspecified atom stereocenters. The summed E-state index contributed by atoms with van der Waals surface area (Å²) in [5.74, 6) is -2.69. The van der Waals surface area contributed by atoms with Gasteiger partial charge >= 0.3 is 0 Å². The molecule has 2 aromatic rings. The number of piperazine rings is 1. The third kappa shape index (κ3) is 3.25. The first kappa shape index (κ1) is 21.1. The van der Waals surface area contributed by atoms with Gasteiger partial charge in [0.2, 0.25) is 11.8 Å². The van der Waals surface area contributed by atoms with Crippen LogP contribution in [0.4, 0.5) is 0 Å². The minimum Gasteiger partial charge on any atom is -0.364 e. The summed E-state index contributed by atoms with van der Waals surface area (Å²) in [5, 5.41) is 12.2. The van der Waals surface area contributed by atoms with Crippen LogP contribution in [0.25, 0.3) is 0 Å². The summed E-state index contributed by atoms with van der Waals surface area (Å²) in [5.41, 5.74) is 10.0. The highest BCUT2D eigenvalue weighted by Crippen LogP contribution is 2.37. The summed E-state index contributed by atoms with van der Waals surface area (Å²) < 4.78 is 1.17. The van der Waals surface area contributed by atoms with Gasteiger partial charge in [0.25, 0.3) is 17.7 Å². The smallest absolute Gasteiger partial charge is 0.271 e. The fourth-order valence-electron chi connectivity index (χ4n) is 4.92. The first-order valence-electron chi connectivity index (χ1n) is 10.3. The van der Waals surface area contributed by atoms with Crippen molar-refractivity contribution < 1.29 is 24.0 Å². The molecule has 0 spiro atoms. The molecule has 3 aliphatic heterocycles. The van der Waals surface area contributed by atoms with Gasteiger partial charge in [-0.2, -0.15) is 0 Å². The van der Waals surface area contributed by atoms with Crippen LogP contribution in [0.5, 0.6) is 0 Å². The van der Waals surface area contributed by atoms with Gasteiger partial charge in [0.05, 0.1) is 17.0 Å². The molecule has 13 nitrogen and oxygen atoms in total. The summed E-state index contributed by atoms with van der Waals surface area (Å²) in [6, 6.07) is 0.807. The number of amides is 5. The molecule has 5 N–H and O–H groups in total. The van der Waals surface area contributed by atoms with Gasteiger partial charge in [-0.05, 0) is 17.9 Å². The number of carbonyl (C=O) groups excluding carboxylic acids is 5. The molecular formula is C19H20N8O5S. The van der Waals surface area contributed by atoms with E-state index in [1.165, 1.54) is 25.8 Å². The molecule has 5 heterocycles. The lowest BCUT2D eigenvalue weighted by atomic mass is 10.0. The fourth-order valence-corrected chi connectivity index (χ4v) is 5.54. The molecule has 3 fully saturated rings. The molecule has 0 bridgehead atoms. The molecule has 0 aromatic carbocycles. The molecule has 2 aromatic heterocycles. The van der Waals surface area contributed by atoms with Gasteiger partial charge in [0.15, 0.2) is 11.4 Å². The molecule has 4 atom stereocenters. The largest absolute Gasteiger partial charge is 0.364 e. The number of nitrogens with zero attached hydrogens (tertiary/aromatic N) is 5. The van der Waals surface area contributed by atoms with Crippen molar-refractivity contribution in [3.8, 4) is 0 Å². The van der Waals surface area contributed by atoms with Crippen LogP contribution in [-0.4, -0.2) is 85.5 Å². The maximum Gasteiger partial charge on any atom is 0.271 e. The number of hydrogen-bond acceptors (Lipinski definition) is 8. The van der Waals surface area contributed by atoms with Gasteiger partial charge in [-0.25, -0.2) is 4.68 Å². The molecule has 3 saturated heterocycles. The van der Waals surface area contributed by atoms with E-state index in [9.17, 15) is 24.0 Å². The van der Waals surface area contributed by atoms with E-state index in [0.717, 1.165) is 0 Å². The number of nitrogens with two attached hydrogens (primary N) is 2. The van der Waals surface area contributed by atoms with Crippen molar-refractivity contribution in [1.29, 1.82) is 0 Å². The Morgan fingerprint density at radius 1 is 1.12 bits per heavy atom. The van der Waals surface area contributed by atoms with Crippen molar-refractivity contribution in [2.24, 2.45) is 11.5 Å². The lowest BCUT2D eigenvalue weighted by molar-refractivity contribution is -0.157. The molecule has 0 saturated carbocycles. The fraction of sp³-hybridized carbons (Fsp3) is 0.421. The Hall–Kier alpha value is -3.81. The summed E-state index contributed by atoms with van der Waals surface area (Å²) in [4.78, 5) is 66.1. The van der Waals surface area contributed by atoms with Gasteiger partial charge in [0.1, 0.15) is 12.1 Å². The van der Waals surface area contributed by atoms with Gasteiger partial charge < -0.3 is 26.6 Å². The van der Waals surface area contributed by atoms with Crippen LogP contribution in [0.1, 0.15) is 49.5 Å². The Morgan fingerprint density at radius 3 is 2.58 bits per heavy atom. The number of fused-ring (bicyclic) bond motifs is 2. The Morgan fingerprint density at radius 2 is 1.91 bits per heavy atom. The average Bonchev–Trinajstić information content (AvgIpc) is 3.56. The number of thiophene rings is 1. The Kier molecular flexibility index (Phi) is 4.88. The lowest BCUT2D eigenvalue weighted by Crippen LogP contribution is -2.64. The minimum absolute atomic E-state index is 0.0764. The second kappa shape index (κ2) is 7.65. The second-order valence-electron chi connectivity index (χ2n) is 8.18. The van der Waals surface area contributed by atoms with Crippen molar-refractivity contribution in [1.82, 2.24) is 30.1 Å². The first-order valence-corrected chi connectivity index (χ1v) is 11.2. The molecule has 3 aliphatic rings. The third-order valence-electron chi connectivity index (χ3n) is 6.35. The van der Waals surface area contributed by atoms with Gasteiger partial charge in [0, 0.05) is 19.5 Å². The molecular weight excluding hydrogens is 452 g/mol. The zero-order valence-electron chi connectivity index (χ0n) is 17.2. The molecule has 0 radical (unpaired) electrons. The number of aromatic nitrogens is 3. The Balaban J connectivity index is 1.39.